The van der Waals surface area contributed by atoms with Gasteiger partial charge in [0, 0.05) is 34.8 Å². The predicted molar refractivity (Wildman–Crippen MR) is 88.5 cm³/mol. The third kappa shape index (κ3) is 3.55. The summed E-state index contributed by atoms with van der Waals surface area (Å²) in [4.78, 5) is 16.2. The number of thiophene rings is 1. The summed E-state index contributed by atoms with van der Waals surface area (Å²) in [6, 6.07) is 10.8. The maximum Gasteiger partial charge on any atom is 0.222 e. The van der Waals surface area contributed by atoms with Crippen LogP contribution in [0, 0.1) is 5.82 Å². The van der Waals surface area contributed by atoms with Gasteiger partial charge < -0.3 is 4.90 Å². The SMILES string of the molecule is O=C(CCc1ccc(-c2ccccc2F)s1)N1CCCCC1. The van der Waals surface area contributed by atoms with Crippen LogP contribution in [0.2, 0.25) is 0 Å². The first-order valence-electron chi connectivity index (χ1n) is 7.85. The Kier molecular flexibility index (Phi) is 4.88. The minimum Gasteiger partial charge on any atom is -0.343 e. The highest BCUT2D eigenvalue weighted by Gasteiger charge is 2.16. The monoisotopic (exact) mass is 317 g/mol. The van der Waals surface area contributed by atoms with E-state index in [1.54, 1.807) is 23.5 Å². The molecule has 0 bridgehead atoms. The zero-order valence-electron chi connectivity index (χ0n) is 12.6. The molecule has 0 N–H and O–H groups in total. The Balaban J connectivity index is 1.60. The molecule has 2 nitrogen and oxygen atoms in total. The second-order valence-corrected chi connectivity index (χ2v) is 6.86. The van der Waals surface area contributed by atoms with Crippen LogP contribution in [0.4, 0.5) is 4.39 Å². The topological polar surface area (TPSA) is 20.3 Å². The smallest absolute Gasteiger partial charge is 0.222 e. The van der Waals surface area contributed by atoms with Gasteiger partial charge in [-0.15, -0.1) is 11.3 Å². The second kappa shape index (κ2) is 7.05. The van der Waals surface area contributed by atoms with Crippen molar-refractivity contribution in [3.05, 3.63) is 47.1 Å². The van der Waals surface area contributed by atoms with E-state index < -0.39 is 0 Å². The Morgan fingerprint density at radius 3 is 2.64 bits per heavy atom. The molecule has 2 heterocycles. The van der Waals surface area contributed by atoms with E-state index in [2.05, 4.69) is 0 Å². The van der Waals surface area contributed by atoms with Crippen molar-refractivity contribution in [3.63, 3.8) is 0 Å². The summed E-state index contributed by atoms with van der Waals surface area (Å²) in [6.45, 7) is 1.81. The lowest BCUT2D eigenvalue weighted by molar-refractivity contribution is -0.132. The third-order valence-corrected chi connectivity index (χ3v) is 5.27. The summed E-state index contributed by atoms with van der Waals surface area (Å²) in [5, 5.41) is 0. The molecule has 0 aliphatic carbocycles. The first-order chi connectivity index (χ1) is 10.7. The van der Waals surface area contributed by atoms with E-state index >= 15 is 0 Å². The molecule has 116 valence electrons. The fourth-order valence-corrected chi connectivity index (χ4v) is 3.88. The summed E-state index contributed by atoms with van der Waals surface area (Å²) in [7, 11) is 0. The minimum absolute atomic E-state index is 0.194. The van der Waals surface area contributed by atoms with Crippen LogP contribution in [-0.2, 0) is 11.2 Å². The molecule has 1 aromatic heterocycles. The number of aryl methyl sites for hydroxylation is 1. The van der Waals surface area contributed by atoms with E-state index in [0.29, 0.717) is 12.0 Å². The fourth-order valence-electron chi connectivity index (χ4n) is 2.85. The van der Waals surface area contributed by atoms with E-state index in [9.17, 15) is 9.18 Å². The first kappa shape index (κ1) is 15.2. The second-order valence-electron chi connectivity index (χ2n) is 5.69. The van der Waals surface area contributed by atoms with Crippen LogP contribution >= 0.6 is 11.3 Å². The minimum atomic E-state index is -0.194. The van der Waals surface area contributed by atoms with Gasteiger partial charge in [0.2, 0.25) is 5.91 Å². The van der Waals surface area contributed by atoms with Crippen molar-refractivity contribution >= 4 is 17.2 Å². The largest absolute Gasteiger partial charge is 0.343 e. The number of hydrogen-bond acceptors (Lipinski definition) is 2. The van der Waals surface area contributed by atoms with E-state index in [4.69, 9.17) is 0 Å². The molecule has 1 fully saturated rings. The summed E-state index contributed by atoms with van der Waals surface area (Å²) >= 11 is 1.58. The van der Waals surface area contributed by atoms with Crippen molar-refractivity contribution in [2.45, 2.75) is 32.1 Å². The number of halogens is 1. The lowest BCUT2D eigenvalue weighted by Crippen LogP contribution is -2.35. The number of piperidine rings is 1. The maximum atomic E-state index is 13.8. The van der Waals surface area contributed by atoms with Crippen molar-refractivity contribution in [3.8, 4) is 10.4 Å². The standard InChI is InChI=1S/C18H20FNOS/c19-16-7-3-2-6-15(16)17-10-8-14(22-17)9-11-18(21)20-12-4-1-5-13-20/h2-3,6-8,10H,1,4-5,9,11-13H2. The molecule has 1 amide bonds. The highest BCUT2D eigenvalue weighted by molar-refractivity contribution is 7.15. The molecule has 4 heteroatoms. The number of amides is 1. The van der Waals surface area contributed by atoms with Crippen molar-refractivity contribution in [2.24, 2.45) is 0 Å². The Bertz CT molecular complexity index is 646. The van der Waals surface area contributed by atoms with Gasteiger partial charge in [0.25, 0.3) is 0 Å². The average Bonchev–Trinajstić information content (AvgIpc) is 3.02. The number of carbonyl (C=O) groups excluding carboxylic acids is 1. The zero-order chi connectivity index (χ0) is 15.4. The Morgan fingerprint density at radius 1 is 1.09 bits per heavy atom. The van der Waals surface area contributed by atoms with Crippen molar-refractivity contribution in [1.29, 1.82) is 0 Å². The van der Waals surface area contributed by atoms with Crippen molar-refractivity contribution in [2.75, 3.05) is 13.1 Å². The lowest BCUT2D eigenvalue weighted by atomic mass is 10.1. The van der Waals surface area contributed by atoms with Gasteiger partial charge in [-0.1, -0.05) is 18.2 Å². The molecule has 0 radical (unpaired) electrons. The molecular formula is C18H20FNOS. The highest BCUT2D eigenvalue weighted by atomic mass is 32.1. The van der Waals surface area contributed by atoms with Crippen LogP contribution in [0.3, 0.4) is 0 Å². The number of hydrogen-bond donors (Lipinski definition) is 0. The summed E-state index contributed by atoms with van der Waals surface area (Å²) < 4.78 is 13.8. The molecule has 1 aliphatic heterocycles. The number of likely N-dealkylation sites (tertiary alicyclic amines) is 1. The molecule has 1 saturated heterocycles. The zero-order valence-corrected chi connectivity index (χ0v) is 13.4. The van der Waals surface area contributed by atoms with Gasteiger partial charge in [-0.25, -0.2) is 4.39 Å². The van der Waals surface area contributed by atoms with Crippen LogP contribution in [0.15, 0.2) is 36.4 Å². The molecule has 0 spiro atoms. The maximum absolute atomic E-state index is 13.8. The van der Waals surface area contributed by atoms with E-state index in [-0.39, 0.29) is 11.7 Å². The van der Waals surface area contributed by atoms with Crippen LogP contribution in [0.1, 0.15) is 30.6 Å². The molecular weight excluding hydrogens is 297 g/mol. The molecule has 0 saturated carbocycles. The summed E-state index contributed by atoms with van der Waals surface area (Å²) in [6.07, 6.45) is 4.79. The summed E-state index contributed by atoms with van der Waals surface area (Å²) in [5.41, 5.74) is 0.640. The Morgan fingerprint density at radius 2 is 1.86 bits per heavy atom. The third-order valence-electron chi connectivity index (χ3n) is 4.10. The first-order valence-corrected chi connectivity index (χ1v) is 8.67. The van der Waals surface area contributed by atoms with Crippen LogP contribution in [-0.4, -0.2) is 23.9 Å². The van der Waals surface area contributed by atoms with Gasteiger partial charge >= 0.3 is 0 Å². The number of rotatable bonds is 4. The number of benzene rings is 1. The Hall–Kier alpha value is -1.68. The summed E-state index contributed by atoms with van der Waals surface area (Å²) in [5.74, 6) is 0.0563. The Labute approximate surface area is 134 Å². The normalized spacial score (nSPS) is 15.0. The lowest BCUT2D eigenvalue weighted by Gasteiger charge is -2.26. The van der Waals surface area contributed by atoms with E-state index in [0.717, 1.165) is 42.1 Å². The molecule has 0 unspecified atom stereocenters. The van der Waals surface area contributed by atoms with Gasteiger partial charge in [-0.3, -0.25) is 4.79 Å². The van der Waals surface area contributed by atoms with Crippen molar-refractivity contribution in [1.82, 2.24) is 4.90 Å². The highest BCUT2D eigenvalue weighted by Crippen LogP contribution is 2.30. The van der Waals surface area contributed by atoms with E-state index in [1.165, 1.54) is 12.5 Å². The molecule has 22 heavy (non-hydrogen) atoms. The molecule has 2 aromatic rings. The molecule has 0 atom stereocenters. The number of carbonyl (C=O) groups is 1. The van der Waals surface area contributed by atoms with Gasteiger partial charge in [-0.05, 0) is 43.9 Å². The molecule has 1 aliphatic rings. The van der Waals surface area contributed by atoms with Crippen LogP contribution in [0.5, 0.6) is 0 Å². The van der Waals surface area contributed by atoms with Gasteiger partial charge in [0.05, 0.1) is 0 Å². The van der Waals surface area contributed by atoms with Gasteiger partial charge in [0.15, 0.2) is 0 Å². The molecule has 3 rings (SSSR count). The van der Waals surface area contributed by atoms with Crippen LogP contribution < -0.4 is 0 Å². The molecule has 1 aromatic carbocycles. The average molecular weight is 317 g/mol. The van der Waals surface area contributed by atoms with E-state index in [1.807, 2.05) is 23.1 Å². The van der Waals surface area contributed by atoms with Crippen molar-refractivity contribution < 1.29 is 9.18 Å². The quantitative estimate of drug-likeness (QED) is 0.813. The predicted octanol–water partition coefficient (Wildman–Crippen LogP) is 4.50. The number of nitrogens with zero attached hydrogens (tertiary/aromatic N) is 1. The van der Waals surface area contributed by atoms with Gasteiger partial charge in [0.1, 0.15) is 5.82 Å². The fraction of sp³-hybridized carbons (Fsp3) is 0.389. The van der Waals surface area contributed by atoms with Gasteiger partial charge in [-0.2, -0.15) is 0 Å². The van der Waals surface area contributed by atoms with Crippen LogP contribution in [0.25, 0.3) is 10.4 Å².